The molecule has 0 aromatic heterocycles. The molecule has 0 aliphatic rings. The average Bonchev–Trinajstić information content (AvgIpc) is 2.27. The van der Waals surface area contributed by atoms with Gasteiger partial charge in [-0.1, -0.05) is 26.0 Å². The Bertz CT molecular complexity index is 342. The Labute approximate surface area is 103 Å². The van der Waals surface area contributed by atoms with Gasteiger partial charge in [0.2, 0.25) is 0 Å². The molecule has 3 heteroatoms. The first kappa shape index (κ1) is 14.0. The molecule has 1 aromatic carbocycles. The van der Waals surface area contributed by atoms with Gasteiger partial charge in [0.25, 0.3) is 0 Å². The average molecular weight is 238 g/mol. The van der Waals surface area contributed by atoms with E-state index in [2.05, 4.69) is 0 Å². The van der Waals surface area contributed by atoms with Crippen molar-refractivity contribution in [2.75, 3.05) is 0 Å². The van der Waals surface area contributed by atoms with Crippen LogP contribution in [0.5, 0.6) is 5.75 Å². The molecule has 0 saturated carbocycles. The van der Waals surface area contributed by atoms with Gasteiger partial charge in [-0.3, -0.25) is 0 Å². The van der Waals surface area contributed by atoms with Crippen LogP contribution in [-0.2, 0) is 0 Å². The van der Waals surface area contributed by atoms with Crippen molar-refractivity contribution in [1.29, 1.82) is 0 Å². The van der Waals surface area contributed by atoms with Gasteiger partial charge >= 0.3 is 0 Å². The van der Waals surface area contributed by atoms with E-state index in [0.717, 1.165) is 11.1 Å². The molecule has 0 fully saturated rings. The second kappa shape index (κ2) is 6.03. The van der Waals surface area contributed by atoms with Crippen molar-refractivity contribution >= 4 is 0 Å². The highest BCUT2D eigenvalue weighted by molar-refractivity contribution is 5.40. The molecule has 1 aromatic rings. The number of phenolic OH excluding ortho intramolecular Hbond substituents is 1. The Morgan fingerprint density at radius 2 is 1.82 bits per heavy atom. The van der Waals surface area contributed by atoms with Crippen LogP contribution in [0, 0.1) is 6.92 Å². The summed E-state index contributed by atoms with van der Waals surface area (Å²) in [6, 6.07) is 5.40. The summed E-state index contributed by atoms with van der Waals surface area (Å²) in [7, 11) is 0. The highest BCUT2D eigenvalue weighted by Crippen LogP contribution is 2.32. The third kappa shape index (κ3) is 3.45. The lowest BCUT2D eigenvalue weighted by Crippen LogP contribution is -2.26. The number of phenols is 1. The Hall–Kier alpha value is -1.06. The summed E-state index contributed by atoms with van der Waals surface area (Å²) in [6.45, 7) is 5.73. The van der Waals surface area contributed by atoms with E-state index in [9.17, 15) is 15.3 Å². The smallest absolute Gasteiger partial charge is 0.119 e. The summed E-state index contributed by atoms with van der Waals surface area (Å²) in [6.07, 6.45) is -0.446. The third-order valence-corrected chi connectivity index (χ3v) is 3.25. The van der Waals surface area contributed by atoms with Gasteiger partial charge in [0, 0.05) is 0 Å². The van der Waals surface area contributed by atoms with Crippen molar-refractivity contribution in [3.05, 3.63) is 29.3 Å². The molecule has 17 heavy (non-hydrogen) atoms. The minimum atomic E-state index is -0.742. The number of aliphatic hydroxyl groups excluding tert-OH is 2. The molecule has 0 aliphatic carbocycles. The number of hydrogen-bond donors (Lipinski definition) is 3. The normalized spacial score (nSPS) is 16.5. The predicted molar refractivity (Wildman–Crippen MR) is 68.2 cm³/mol. The molecular formula is C14H22O3. The van der Waals surface area contributed by atoms with Gasteiger partial charge in [-0.05, 0) is 42.9 Å². The van der Waals surface area contributed by atoms with E-state index < -0.39 is 12.2 Å². The van der Waals surface area contributed by atoms with Crippen LogP contribution in [0.3, 0.4) is 0 Å². The van der Waals surface area contributed by atoms with E-state index in [1.807, 2.05) is 26.8 Å². The van der Waals surface area contributed by atoms with Gasteiger partial charge in [-0.2, -0.15) is 0 Å². The first-order chi connectivity index (χ1) is 7.97. The van der Waals surface area contributed by atoms with E-state index in [4.69, 9.17) is 0 Å². The zero-order chi connectivity index (χ0) is 13.0. The minimum absolute atomic E-state index is 0.0207. The van der Waals surface area contributed by atoms with Crippen LogP contribution >= 0.6 is 0 Å². The lowest BCUT2D eigenvalue weighted by atomic mass is 9.89. The quantitative estimate of drug-likeness (QED) is 0.737. The summed E-state index contributed by atoms with van der Waals surface area (Å²) in [4.78, 5) is 0. The van der Waals surface area contributed by atoms with Crippen LogP contribution in [0.1, 0.15) is 43.7 Å². The third-order valence-electron chi connectivity index (χ3n) is 3.25. The topological polar surface area (TPSA) is 60.7 Å². The Balaban J connectivity index is 2.79. The molecule has 3 unspecified atom stereocenters. The molecule has 0 aliphatic heterocycles. The van der Waals surface area contributed by atoms with Gasteiger partial charge < -0.3 is 15.3 Å². The molecule has 0 bridgehead atoms. The monoisotopic (exact) mass is 238 g/mol. The van der Waals surface area contributed by atoms with Gasteiger partial charge in [0.05, 0.1) is 12.2 Å². The van der Waals surface area contributed by atoms with Crippen LogP contribution in [-0.4, -0.2) is 27.5 Å². The molecule has 0 spiro atoms. The molecule has 96 valence electrons. The van der Waals surface area contributed by atoms with Crippen molar-refractivity contribution in [2.24, 2.45) is 0 Å². The summed E-state index contributed by atoms with van der Waals surface area (Å²) >= 11 is 0. The van der Waals surface area contributed by atoms with Crippen molar-refractivity contribution in [2.45, 2.75) is 51.7 Å². The Kier molecular flexibility index (Phi) is 4.97. The molecule has 0 amide bonds. The summed E-state index contributed by atoms with van der Waals surface area (Å²) in [5.74, 6) is 0.281. The Morgan fingerprint density at radius 3 is 2.35 bits per heavy atom. The lowest BCUT2D eigenvalue weighted by molar-refractivity contribution is 0.00941. The van der Waals surface area contributed by atoms with E-state index in [1.54, 1.807) is 12.1 Å². The van der Waals surface area contributed by atoms with Gasteiger partial charge in [-0.25, -0.2) is 0 Å². The fourth-order valence-electron chi connectivity index (χ4n) is 2.22. The number of rotatable bonds is 5. The maximum atomic E-state index is 9.83. The summed E-state index contributed by atoms with van der Waals surface area (Å²) < 4.78 is 0. The second-order valence-electron chi connectivity index (χ2n) is 4.69. The fraction of sp³-hybridized carbons (Fsp3) is 0.571. The zero-order valence-corrected chi connectivity index (χ0v) is 10.7. The van der Waals surface area contributed by atoms with E-state index >= 15 is 0 Å². The van der Waals surface area contributed by atoms with Gasteiger partial charge in [-0.15, -0.1) is 0 Å². The van der Waals surface area contributed by atoms with E-state index in [0.29, 0.717) is 12.8 Å². The number of hydrogen-bond acceptors (Lipinski definition) is 3. The maximum absolute atomic E-state index is 9.83. The van der Waals surface area contributed by atoms with Crippen molar-refractivity contribution in [3.63, 3.8) is 0 Å². The van der Waals surface area contributed by atoms with E-state index in [1.165, 1.54) is 0 Å². The van der Waals surface area contributed by atoms with E-state index in [-0.39, 0.29) is 11.7 Å². The van der Waals surface area contributed by atoms with Crippen LogP contribution in [0.2, 0.25) is 0 Å². The van der Waals surface area contributed by atoms with Crippen molar-refractivity contribution < 1.29 is 15.3 Å². The van der Waals surface area contributed by atoms with Crippen LogP contribution in [0.25, 0.3) is 0 Å². The minimum Gasteiger partial charge on any atom is -0.508 e. The molecule has 3 N–H and O–H groups in total. The molecule has 0 saturated heterocycles. The number of aryl methyl sites for hydroxylation is 1. The van der Waals surface area contributed by atoms with Crippen LogP contribution < -0.4 is 0 Å². The molecule has 3 atom stereocenters. The molecule has 3 nitrogen and oxygen atoms in total. The number of aliphatic hydroxyl groups is 2. The fourth-order valence-corrected chi connectivity index (χ4v) is 2.22. The number of benzene rings is 1. The number of aromatic hydroxyl groups is 1. The SMILES string of the molecule is CCC(O)C(O)CC(C)c1c(C)cccc1O. The zero-order valence-electron chi connectivity index (χ0n) is 10.7. The van der Waals surface area contributed by atoms with Crippen LogP contribution in [0.4, 0.5) is 0 Å². The van der Waals surface area contributed by atoms with Gasteiger partial charge in [0.1, 0.15) is 5.75 Å². The van der Waals surface area contributed by atoms with Crippen molar-refractivity contribution in [1.82, 2.24) is 0 Å². The highest BCUT2D eigenvalue weighted by atomic mass is 16.3. The first-order valence-electron chi connectivity index (χ1n) is 6.12. The molecule has 0 heterocycles. The van der Waals surface area contributed by atoms with Crippen LogP contribution in [0.15, 0.2) is 18.2 Å². The highest BCUT2D eigenvalue weighted by Gasteiger charge is 2.21. The molecule has 0 radical (unpaired) electrons. The molecule has 1 rings (SSSR count). The molecular weight excluding hydrogens is 216 g/mol. The van der Waals surface area contributed by atoms with Gasteiger partial charge in [0.15, 0.2) is 0 Å². The maximum Gasteiger partial charge on any atom is 0.119 e. The Morgan fingerprint density at radius 1 is 1.18 bits per heavy atom. The van der Waals surface area contributed by atoms with Crippen molar-refractivity contribution in [3.8, 4) is 5.75 Å². The largest absolute Gasteiger partial charge is 0.508 e. The second-order valence-corrected chi connectivity index (χ2v) is 4.69. The first-order valence-corrected chi connectivity index (χ1v) is 6.12. The predicted octanol–water partition coefficient (Wildman–Crippen LogP) is 2.33. The standard InChI is InChI=1S/C14H22O3/c1-4-11(15)13(17)8-10(3)14-9(2)6-5-7-12(14)16/h5-7,10-11,13,15-17H,4,8H2,1-3H3. The summed E-state index contributed by atoms with van der Waals surface area (Å²) in [5, 5.41) is 29.2. The lowest BCUT2D eigenvalue weighted by Gasteiger charge is -2.22. The summed E-state index contributed by atoms with van der Waals surface area (Å²) in [5.41, 5.74) is 1.87.